The fourth-order valence-corrected chi connectivity index (χ4v) is 3.54. The molecule has 0 fully saturated rings. The zero-order valence-electron chi connectivity index (χ0n) is 15.7. The van der Waals surface area contributed by atoms with E-state index in [4.69, 9.17) is 10.5 Å². The van der Waals surface area contributed by atoms with Gasteiger partial charge in [-0.3, -0.25) is 4.79 Å². The van der Waals surface area contributed by atoms with Crippen LogP contribution in [-0.2, 0) is 14.8 Å². The number of hydrogen-bond donors (Lipinski definition) is 2. The Balaban J connectivity index is 2.20. The average Bonchev–Trinajstić information content (AvgIpc) is 2.63. The Morgan fingerprint density at radius 2 is 1.85 bits per heavy atom. The van der Waals surface area contributed by atoms with Crippen LogP contribution < -0.4 is 15.8 Å². The third kappa shape index (κ3) is 5.29. The van der Waals surface area contributed by atoms with Crippen molar-refractivity contribution < 1.29 is 17.9 Å². The van der Waals surface area contributed by atoms with E-state index in [-0.39, 0.29) is 23.0 Å². The molecule has 146 valence electrons. The van der Waals surface area contributed by atoms with E-state index in [1.165, 1.54) is 26.2 Å². The number of rotatable bonds is 8. The van der Waals surface area contributed by atoms with Crippen LogP contribution in [0.1, 0.15) is 24.9 Å². The zero-order valence-corrected chi connectivity index (χ0v) is 16.5. The molecule has 0 aliphatic carbocycles. The maximum absolute atomic E-state index is 12.5. The molecule has 0 saturated carbocycles. The second kappa shape index (κ2) is 8.98. The maximum Gasteiger partial charge on any atom is 0.246 e. The van der Waals surface area contributed by atoms with Gasteiger partial charge >= 0.3 is 0 Å². The molecule has 2 aromatic rings. The first-order valence-corrected chi connectivity index (χ1v) is 9.99. The minimum absolute atomic E-state index is 0.000456. The lowest BCUT2D eigenvalue weighted by Gasteiger charge is -2.17. The molecule has 0 radical (unpaired) electrons. The highest BCUT2D eigenvalue weighted by Gasteiger charge is 2.23. The van der Waals surface area contributed by atoms with Crippen molar-refractivity contribution in [1.29, 1.82) is 0 Å². The second-order valence-corrected chi connectivity index (χ2v) is 8.27. The lowest BCUT2D eigenvalue weighted by atomic mass is 10.0. The van der Waals surface area contributed by atoms with Gasteiger partial charge in [-0.15, -0.1) is 0 Å². The van der Waals surface area contributed by atoms with Gasteiger partial charge in [-0.1, -0.05) is 30.3 Å². The monoisotopic (exact) mass is 391 g/mol. The van der Waals surface area contributed by atoms with Gasteiger partial charge in [0, 0.05) is 32.2 Å². The predicted octanol–water partition coefficient (Wildman–Crippen LogP) is 2.36. The van der Waals surface area contributed by atoms with Crippen LogP contribution in [0.25, 0.3) is 0 Å². The molecule has 0 bridgehead atoms. The maximum atomic E-state index is 12.5. The molecular weight excluding hydrogens is 366 g/mol. The third-order valence-corrected chi connectivity index (χ3v) is 5.76. The lowest BCUT2D eigenvalue weighted by Crippen LogP contribution is -2.24. The summed E-state index contributed by atoms with van der Waals surface area (Å²) in [5.74, 6) is -0.0612. The van der Waals surface area contributed by atoms with Crippen molar-refractivity contribution in [3.05, 3.63) is 54.1 Å². The van der Waals surface area contributed by atoms with Crippen molar-refractivity contribution in [2.24, 2.45) is 5.73 Å². The van der Waals surface area contributed by atoms with Gasteiger partial charge in [0.1, 0.15) is 10.6 Å². The number of ether oxygens (including phenoxy) is 1. The van der Waals surface area contributed by atoms with Crippen molar-refractivity contribution in [1.82, 2.24) is 4.31 Å². The third-order valence-electron chi connectivity index (χ3n) is 3.92. The number of amides is 1. The Hall–Kier alpha value is -2.42. The number of nitrogens with one attached hydrogen (secondary N) is 1. The summed E-state index contributed by atoms with van der Waals surface area (Å²) in [5, 5.41) is 2.71. The fraction of sp³-hybridized carbons (Fsp3) is 0.316. The van der Waals surface area contributed by atoms with Gasteiger partial charge in [0.2, 0.25) is 15.9 Å². The van der Waals surface area contributed by atoms with Crippen molar-refractivity contribution in [2.45, 2.75) is 24.3 Å². The van der Waals surface area contributed by atoms with Crippen LogP contribution >= 0.6 is 0 Å². The number of carbonyl (C=O) groups excluding carboxylic acids is 1. The van der Waals surface area contributed by atoms with Gasteiger partial charge in [0.05, 0.1) is 6.61 Å². The summed E-state index contributed by atoms with van der Waals surface area (Å²) in [6.07, 6.45) is 0.0764. The Morgan fingerprint density at radius 3 is 2.44 bits per heavy atom. The SMILES string of the molecule is CCOc1ccc(NC(=O)CC(N)c2ccccc2)cc1S(=O)(=O)N(C)C. The molecule has 1 amide bonds. The summed E-state index contributed by atoms with van der Waals surface area (Å²) < 4.78 is 31.6. The molecule has 0 spiro atoms. The molecule has 1 atom stereocenters. The highest BCUT2D eigenvalue weighted by molar-refractivity contribution is 7.89. The number of hydrogen-bond acceptors (Lipinski definition) is 5. The first kappa shape index (κ1) is 20.9. The standard InChI is InChI=1S/C19H25N3O4S/c1-4-26-17-11-10-15(12-18(17)27(24,25)22(2)3)21-19(23)13-16(20)14-8-6-5-7-9-14/h5-12,16H,4,13,20H2,1-3H3,(H,21,23). The van der Waals surface area contributed by atoms with Gasteiger partial charge in [0.15, 0.2) is 0 Å². The van der Waals surface area contributed by atoms with E-state index in [1.807, 2.05) is 30.3 Å². The Morgan fingerprint density at radius 1 is 1.19 bits per heavy atom. The van der Waals surface area contributed by atoms with E-state index < -0.39 is 16.1 Å². The number of nitrogens with two attached hydrogens (primary N) is 1. The number of carbonyl (C=O) groups is 1. The van der Waals surface area contributed by atoms with Gasteiger partial charge in [-0.05, 0) is 30.7 Å². The summed E-state index contributed by atoms with van der Waals surface area (Å²) in [7, 11) is -0.842. The van der Waals surface area contributed by atoms with Gasteiger partial charge < -0.3 is 15.8 Å². The summed E-state index contributed by atoms with van der Waals surface area (Å²) >= 11 is 0. The Labute approximate surface area is 160 Å². The van der Waals surface area contributed by atoms with Crippen LogP contribution in [0, 0.1) is 0 Å². The number of anilines is 1. The lowest BCUT2D eigenvalue weighted by molar-refractivity contribution is -0.116. The van der Waals surface area contributed by atoms with Crippen LogP contribution in [0.2, 0.25) is 0 Å². The molecule has 3 N–H and O–H groups in total. The number of sulfonamides is 1. The fourth-order valence-electron chi connectivity index (χ4n) is 2.49. The van der Waals surface area contributed by atoms with E-state index >= 15 is 0 Å². The molecule has 0 heterocycles. The molecule has 0 saturated heterocycles. The zero-order chi connectivity index (χ0) is 20.0. The molecule has 0 aliphatic heterocycles. The summed E-state index contributed by atoms with van der Waals surface area (Å²) in [5.41, 5.74) is 7.29. The quantitative estimate of drug-likeness (QED) is 0.719. The van der Waals surface area contributed by atoms with E-state index in [2.05, 4.69) is 5.32 Å². The summed E-state index contributed by atoms with van der Waals surface area (Å²) in [6.45, 7) is 2.10. The predicted molar refractivity (Wildman–Crippen MR) is 105 cm³/mol. The van der Waals surface area contributed by atoms with Gasteiger partial charge in [0.25, 0.3) is 0 Å². The van der Waals surface area contributed by atoms with Gasteiger partial charge in [-0.2, -0.15) is 0 Å². The van der Waals surface area contributed by atoms with Crippen molar-refractivity contribution in [3.63, 3.8) is 0 Å². The first-order chi connectivity index (χ1) is 12.8. The molecule has 2 aromatic carbocycles. The number of benzene rings is 2. The van der Waals surface area contributed by atoms with Crippen molar-refractivity contribution in [2.75, 3.05) is 26.0 Å². The smallest absolute Gasteiger partial charge is 0.246 e. The van der Waals surface area contributed by atoms with Crippen LogP contribution in [0.4, 0.5) is 5.69 Å². The molecule has 8 heteroatoms. The van der Waals surface area contributed by atoms with E-state index in [9.17, 15) is 13.2 Å². The summed E-state index contributed by atoms with van der Waals surface area (Å²) in [4.78, 5) is 12.3. The molecule has 1 unspecified atom stereocenters. The van der Waals surface area contributed by atoms with Crippen LogP contribution in [0.5, 0.6) is 5.75 Å². The van der Waals surface area contributed by atoms with Crippen LogP contribution in [-0.4, -0.2) is 39.3 Å². The molecule has 27 heavy (non-hydrogen) atoms. The van der Waals surface area contributed by atoms with E-state index in [0.717, 1.165) is 9.87 Å². The molecular formula is C19H25N3O4S. The normalized spacial score (nSPS) is 12.6. The van der Waals surface area contributed by atoms with Gasteiger partial charge in [-0.25, -0.2) is 12.7 Å². The highest BCUT2D eigenvalue weighted by Crippen LogP contribution is 2.29. The molecule has 0 aliphatic rings. The van der Waals surface area contributed by atoms with Crippen molar-refractivity contribution >= 4 is 21.6 Å². The first-order valence-electron chi connectivity index (χ1n) is 8.55. The summed E-state index contributed by atoms with van der Waals surface area (Å²) in [6, 6.07) is 13.4. The highest BCUT2D eigenvalue weighted by atomic mass is 32.2. The molecule has 2 rings (SSSR count). The topological polar surface area (TPSA) is 102 Å². The molecule has 0 aromatic heterocycles. The number of nitrogens with zero attached hydrogens (tertiary/aromatic N) is 1. The van der Waals surface area contributed by atoms with E-state index in [0.29, 0.717) is 12.3 Å². The average molecular weight is 391 g/mol. The van der Waals surface area contributed by atoms with E-state index in [1.54, 1.807) is 13.0 Å². The minimum Gasteiger partial charge on any atom is -0.492 e. The Kier molecular flexibility index (Phi) is 6.95. The minimum atomic E-state index is -3.72. The van der Waals surface area contributed by atoms with Crippen LogP contribution in [0.3, 0.4) is 0 Å². The van der Waals surface area contributed by atoms with Crippen molar-refractivity contribution in [3.8, 4) is 5.75 Å². The second-order valence-electron chi connectivity index (χ2n) is 6.15. The Bertz CT molecular complexity index is 883. The molecule has 7 nitrogen and oxygen atoms in total. The largest absolute Gasteiger partial charge is 0.492 e. The van der Waals surface area contributed by atoms with Crippen LogP contribution in [0.15, 0.2) is 53.4 Å².